The summed E-state index contributed by atoms with van der Waals surface area (Å²) in [6.45, 7) is 3.51. The van der Waals surface area contributed by atoms with Gasteiger partial charge >= 0.3 is 5.97 Å². The average Bonchev–Trinajstić information content (AvgIpc) is 3.25. The third-order valence-corrected chi connectivity index (χ3v) is 4.42. The molecule has 2 aromatic rings. The van der Waals surface area contributed by atoms with Crippen LogP contribution >= 0.6 is 0 Å². The zero-order valence-corrected chi connectivity index (χ0v) is 13.2. The zero-order chi connectivity index (χ0) is 16.9. The Bertz CT molecular complexity index is 833. The first-order chi connectivity index (χ1) is 11.5. The number of hydrogen-bond donors (Lipinski definition) is 3. The van der Waals surface area contributed by atoms with Crippen LogP contribution in [0.4, 0.5) is 17.1 Å². The molecule has 24 heavy (non-hydrogen) atoms. The Morgan fingerprint density at radius 2 is 2.08 bits per heavy atom. The van der Waals surface area contributed by atoms with Crippen molar-refractivity contribution in [3.8, 4) is 0 Å². The first-order valence-corrected chi connectivity index (χ1v) is 7.62. The third-order valence-electron chi connectivity index (χ3n) is 4.42. The van der Waals surface area contributed by atoms with E-state index in [-0.39, 0.29) is 18.7 Å². The molecule has 2 unspecified atom stereocenters. The second-order valence-electron chi connectivity index (χ2n) is 5.87. The van der Waals surface area contributed by atoms with E-state index >= 15 is 0 Å². The Labute approximate surface area is 137 Å². The lowest BCUT2D eigenvalue weighted by atomic mass is 9.83. The van der Waals surface area contributed by atoms with E-state index in [0.29, 0.717) is 17.0 Å². The fourth-order valence-corrected chi connectivity index (χ4v) is 3.06. The monoisotopic (exact) mass is 328 g/mol. The van der Waals surface area contributed by atoms with Gasteiger partial charge in [-0.2, -0.15) is 0 Å². The Morgan fingerprint density at radius 3 is 2.75 bits per heavy atom. The van der Waals surface area contributed by atoms with Gasteiger partial charge in [0.15, 0.2) is 23.7 Å². The van der Waals surface area contributed by atoms with Crippen LogP contribution in [0.1, 0.15) is 31.3 Å². The van der Waals surface area contributed by atoms with E-state index in [0.717, 1.165) is 11.4 Å². The molecule has 2 aliphatic heterocycles. The molecule has 4 rings (SSSR count). The van der Waals surface area contributed by atoms with Gasteiger partial charge in [-0.25, -0.2) is 4.98 Å². The highest BCUT2D eigenvalue weighted by Gasteiger charge is 2.51. The van der Waals surface area contributed by atoms with Crippen LogP contribution in [0.15, 0.2) is 29.1 Å². The summed E-state index contributed by atoms with van der Waals surface area (Å²) in [6, 6.07) is 3.60. The maximum Gasteiger partial charge on any atom is 0.326 e. The number of aromatic nitrogens is 1. The molecule has 0 spiro atoms. The van der Waals surface area contributed by atoms with Crippen LogP contribution in [0.5, 0.6) is 0 Å². The molecule has 0 saturated carbocycles. The van der Waals surface area contributed by atoms with Gasteiger partial charge in [0.2, 0.25) is 5.91 Å². The molecular weight excluding hydrogens is 312 g/mol. The van der Waals surface area contributed by atoms with Gasteiger partial charge in [0.1, 0.15) is 0 Å². The van der Waals surface area contributed by atoms with Crippen molar-refractivity contribution in [3.63, 3.8) is 0 Å². The first kappa shape index (κ1) is 14.6. The molecule has 0 bridgehead atoms. The summed E-state index contributed by atoms with van der Waals surface area (Å²) in [4.78, 5) is 28.6. The van der Waals surface area contributed by atoms with Crippen LogP contribution in [0.2, 0.25) is 0 Å². The first-order valence-electron chi connectivity index (χ1n) is 7.62. The van der Waals surface area contributed by atoms with Crippen LogP contribution < -0.4 is 16.0 Å². The Balaban J connectivity index is 1.72. The highest BCUT2D eigenvalue weighted by atomic mass is 16.5. The standard InChI is InChI=1S/C16H16N4O4/c1-3-23-15(22)16(2)8-4-10-11(5-9(8)20-14(16)21)19-13(18-10)12-6-17-7-24-12/h4-7,13,18-19H,3H2,1-2H3,(H,20,21). The molecule has 8 nitrogen and oxygen atoms in total. The van der Waals surface area contributed by atoms with Gasteiger partial charge in [0.05, 0.1) is 24.2 Å². The van der Waals surface area contributed by atoms with E-state index in [4.69, 9.17) is 9.15 Å². The molecule has 1 amide bonds. The largest absolute Gasteiger partial charge is 0.465 e. The lowest BCUT2D eigenvalue weighted by Gasteiger charge is -2.20. The molecule has 2 aliphatic rings. The van der Waals surface area contributed by atoms with E-state index < -0.39 is 11.4 Å². The second kappa shape index (κ2) is 4.98. The number of rotatable bonds is 3. The molecule has 0 radical (unpaired) electrons. The van der Waals surface area contributed by atoms with Crippen molar-refractivity contribution in [1.29, 1.82) is 0 Å². The van der Waals surface area contributed by atoms with E-state index in [2.05, 4.69) is 20.9 Å². The van der Waals surface area contributed by atoms with E-state index in [9.17, 15) is 9.59 Å². The molecule has 3 N–H and O–H groups in total. The summed E-state index contributed by atoms with van der Waals surface area (Å²) >= 11 is 0. The second-order valence-corrected chi connectivity index (χ2v) is 5.87. The molecule has 124 valence electrons. The minimum Gasteiger partial charge on any atom is -0.465 e. The molecule has 3 heterocycles. The lowest BCUT2D eigenvalue weighted by Crippen LogP contribution is -2.40. The van der Waals surface area contributed by atoms with E-state index in [1.54, 1.807) is 32.2 Å². The van der Waals surface area contributed by atoms with Gasteiger partial charge in [0.25, 0.3) is 0 Å². The summed E-state index contributed by atoms with van der Waals surface area (Å²) in [5.41, 5.74) is 1.43. The highest BCUT2D eigenvalue weighted by molar-refractivity contribution is 6.19. The highest BCUT2D eigenvalue weighted by Crippen LogP contribution is 2.46. The third kappa shape index (κ3) is 1.89. The predicted octanol–water partition coefficient (Wildman–Crippen LogP) is 1.98. The Kier molecular flexibility index (Phi) is 3.02. The van der Waals surface area contributed by atoms with Crippen LogP contribution in [0.3, 0.4) is 0 Å². The van der Waals surface area contributed by atoms with E-state index in [1.165, 1.54) is 6.39 Å². The van der Waals surface area contributed by atoms with Crippen LogP contribution in [-0.2, 0) is 19.7 Å². The fraction of sp³-hybridized carbons (Fsp3) is 0.312. The van der Waals surface area contributed by atoms with Crippen molar-refractivity contribution in [3.05, 3.63) is 36.0 Å². The van der Waals surface area contributed by atoms with Gasteiger partial charge in [-0.3, -0.25) is 9.59 Å². The van der Waals surface area contributed by atoms with Crippen molar-refractivity contribution in [2.24, 2.45) is 0 Å². The number of anilines is 3. The number of carbonyl (C=O) groups excluding carboxylic acids is 2. The maximum atomic E-state index is 12.4. The number of oxazole rings is 1. The Morgan fingerprint density at radius 1 is 1.33 bits per heavy atom. The average molecular weight is 328 g/mol. The smallest absolute Gasteiger partial charge is 0.326 e. The molecule has 0 saturated heterocycles. The number of benzene rings is 1. The topological polar surface area (TPSA) is 105 Å². The predicted molar refractivity (Wildman–Crippen MR) is 85.5 cm³/mol. The quantitative estimate of drug-likeness (QED) is 0.584. The number of hydrogen-bond acceptors (Lipinski definition) is 7. The number of nitrogens with one attached hydrogen (secondary N) is 3. The number of fused-ring (bicyclic) bond motifs is 2. The van der Waals surface area contributed by atoms with Crippen molar-refractivity contribution in [2.45, 2.75) is 25.4 Å². The molecule has 1 aromatic carbocycles. The lowest BCUT2D eigenvalue weighted by molar-refractivity contribution is -0.152. The van der Waals surface area contributed by atoms with Crippen molar-refractivity contribution >= 4 is 28.9 Å². The number of ether oxygens (including phenoxy) is 1. The summed E-state index contributed by atoms with van der Waals surface area (Å²) < 4.78 is 10.4. The van der Waals surface area contributed by atoms with Gasteiger partial charge in [-0.1, -0.05) is 0 Å². The number of nitrogens with zero attached hydrogens (tertiary/aromatic N) is 1. The van der Waals surface area contributed by atoms with E-state index in [1.807, 2.05) is 0 Å². The molecular formula is C16H16N4O4. The fourth-order valence-electron chi connectivity index (χ4n) is 3.06. The number of carbonyl (C=O) groups is 2. The summed E-state index contributed by atoms with van der Waals surface area (Å²) in [5.74, 6) is -0.297. The van der Waals surface area contributed by atoms with Crippen molar-refractivity contribution in [1.82, 2.24) is 4.98 Å². The minimum absolute atomic E-state index is 0.218. The van der Waals surface area contributed by atoms with Gasteiger partial charge in [-0.15, -0.1) is 0 Å². The van der Waals surface area contributed by atoms with Gasteiger partial charge in [0, 0.05) is 11.3 Å². The summed E-state index contributed by atoms with van der Waals surface area (Å²) in [7, 11) is 0. The molecule has 0 fully saturated rings. The van der Waals surface area contributed by atoms with Crippen molar-refractivity contribution < 1.29 is 18.7 Å². The summed E-state index contributed by atoms with van der Waals surface area (Å²) in [6.07, 6.45) is 2.73. The summed E-state index contributed by atoms with van der Waals surface area (Å²) in [5, 5.41) is 9.27. The van der Waals surface area contributed by atoms with Crippen molar-refractivity contribution in [2.75, 3.05) is 22.6 Å². The minimum atomic E-state index is -1.35. The SMILES string of the molecule is CCOC(=O)C1(C)C(=O)Nc2cc3c(cc21)NC(c1cnco1)N3. The van der Waals surface area contributed by atoms with Gasteiger partial charge < -0.3 is 25.1 Å². The normalized spacial score (nSPS) is 23.8. The number of amides is 1. The Hall–Kier alpha value is -3.03. The molecule has 1 aromatic heterocycles. The molecule has 0 aliphatic carbocycles. The van der Waals surface area contributed by atoms with Crippen LogP contribution in [0, 0.1) is 0 Å². The zero-order valence-electron chi connectivity index (χ0n) is 13.2. The van der Waals surface area contributed by atoms with Gasteiger partial charge in [-0.05, 0) is 26.0 Å². The van der Waals surface area contributed by atoms with Crippen LogP contribution in [-0.4, -0.2) is 23.5 Å². The number of esters is 1. The van der Waals surface area contributed by atoms with Crippen LogP contribution in [0.25, 0.3) is 0 Å². The molecule has 8 heteroatoms. The molecule has 2 atom stereocenters. The maximum absolute atomic E-state index is 12.4.